The van der Waals surface area contributed by atoms with Gasteiger partial charge in [-0.1, -0.05) is 0 Å². The van der Waals surface area contributed by atoms with E-state index >= 15 is 0 Å². The zero-order valence-electron chi connectivity index (χ0n) is 18.8. The fourth-order valence-electron chi connectivity index (χ4n) is 2.64. The first-order chi connectivity index (χ1) is 13.3. The predicted molar refractivity (Wildman–Crippen MR) is 127 cm³/mol. The molecular formula is C20H41IN4O4. The minimum Gasteiger partial charge on any atom is -0.444 e. The summed E-state index contributed by atoms with van der Waals surface area (Å²) in [6, 6.07) is 0. The molecule has 1 heterocycles. The first-order valence-corrected chi connectivity index (χ1v) is 10.4. The Labute approximate surface area is 193 Å². The average Bonchev–Trinajstić information content (AvgIpc) is 2.63. The van der Waals surface area contributed by atoms with Crippen molar-refractivity contribution in [2.24, 2.45) is 10.9 Å². The summed E-state index contributed by atoms with van der Waals surface area (Å²) in [6.45, 7) is 13.5. The van der Waals surface area contributed by atoms with Gasteiger partial charge in [-0.25, -0.2) is 4.79 Å². The van der Waals surface area contributed by atoms with Gasteiger partial charge in [0.15, 0.2) is 5.96 Å². The average molecular weight is 528 g/mol. The monoisotopic (exact) mass is 528 g/mol. The van der Waals surface area contributed by atoms with E-state index in [4.69, 9.17) is 14.2 Å². The third-order valence-corrected chi connectivity index (χ3v) is 4.20. The summed E-state index contributed by atoms with van der Waals surface area (Å²) in [6.07, 6.45) is 2.77. The quantitative estimate of drug-likeness (QED) is 0.196. The van der Waals surface area contributed by atoms with Gasteiger partial charge in [0.25, 0.3) is 0 Å². The van der Waals surface area contributed by atoms with Crippen molar-refractivity contribution in [1.29, 1.82) is 0 Å². The first-order valence-electron chi connectivity index (χ1n) is 10.4. The molecule has 0 aromatic carbocycles. The third-order valence-electron chi connectivity index (χ3n) is 4.20. The molecule has 0 bridgehead atoms. The standard InChI is InChI=1S/C20H40N4O4.HI/c1-6-21-18(23-11-12-24(5)19(25)28-20(2,3)4)22-10-7-13-27-16-17-8-14-26-15-9-17;/h17H,6-16H2,1-5H3,(H2,21,22,23);1H. The number of nitrogens with one attached hydrogen (secondary N) is 2. The highest BCUT2D eigenvalue weighted by Crippen LogP contribution is 2.14. The van der Waals surface area contributed by atoms with E-state index in [0.29, 0.717) is 25.6 Å². The highest BCUT2D eigenvalue weighted by Gasteiger charge is 2.19. The number of hydrogen-bond acceptors (Lipinski definition) is 5. The SMILES string of the molecule is CCNC(=NCCCOCC1CCOCC1)NCCN(C)C(=O)OC(C)(C)C.I. The highest BCUT2D eigenvalue weighted by atomic mass is 127. The summed E-state index contributed by atoms with van der Waals surface area (Å²) < 4.78 is 16.5. The van der Waals surface area contributed by atoms with Gasteiger partial charge >= 0.3 is 6.09 Å². The van der Waals surface area contributed by atoms with Gasteiger partial charge in [0, 0.05) is 59.7 Å². The molecule has 0 spiro atoms. The van der Waals surface area contributed by atoms with E-state index in [1.165, 1.54) is 0 Å². The van der Waals surface area contributed by atoms with E-state index in [9.17, 15) is 4.79 Å². The summed E-state index contributed by atoms with van der Waals surface area (Å²) in [5.74, 6) is 1.39. The van der Waals surface area contributed by atoms with Crippen molar-refractivity contribution < 1.29 is 19.0 Å². The smallest absolute Gasteiger partial charge is 0.410 e. The van der Waals surface area contributed by atoms with E-state index in [1.54, 1.807) is 11.9 Å². The molecule has 0 aliphatic carbocycles. The Kier molecular flexibility index (Phi) is 15.5. The molecule has 29 heavy (non-hydrogen) atoms. The Hall–Kier alpha value is -0.810. The fourth-order valence-corrected chi connectivity index (χ4v) is 2.64. The molecule has 0 aromatic rings. The predicted octanol–water partition coefficient (Wildman–Crippen LogP) is 2.86. The topological polar surface area (TPSA) is 84.4 Å². The minimum absolute atomic E-state index is 0. The third kappa shape index (κ3) is 14.8. The van der Waals surface area contributed by atoms with Gasteiger partial charge < -0.3 is 29.7 Å². The van der Waals surface area contributed by atoms with Crippen molar-refractivity contribution in [3.05, 3.63) is 0 Å². The van der Waals surface area contributed by atoms with Crippen LogP contribution in [0, 0.1) is 5.92 Å². The zero-order chi connectivity index (χ0) is 20.8. The van der Waals surface area contributed by atoms with Gasteiger partial charge in [0.1, 0.15) is 5.60 Å². The zero-order valence-corrected chi connectivity index (χ0v) is 21.1. The normalized spacial score (nSPS) is 15.4. The van der Waals surface area contributed by atoms with Crippen LogP contribution in [-0.4, -0.2) is 82.2 Å². The number of carbonyl (C=O) groups excluding carboxylic acids is 1. The molecule has 172 valence electrons. The molecule has 9 heteroatoms. The van der Waals surface area contributed by atoms with Crippen LogP contribution in [0.4, 0.5) is 4.79 Å². The molecule has 0 atom stereocenters. The van der Waals surface area contributed by atoms with Crippen LogP contribution < -0.4 is 10.6 Å². The second kappa shape index (κ2) is 16.0. The van der Waals surface area contributed by atoms with Crippen molar-refractivity contribution >= 4 is 36.0 Å². The van der Waals surface area contributed by atoms with Crippen LogP contribution in [0.25, 0.3) is 0 Å². The molecule has 0 radical (unpaired) electrons. The number of nitrogens with zero attached hydrogens (tertiary/aromatic N) is 2. The van der Waals surface area contributed by atoms with Crippen molar-refractivity contribution in [2.45, 2.75) is 52.6 Å². The molecule has 1 amide bonds. The largest absolute Gasteiger partial charge is 0.444 e. The lowest BCUT2D eigenvalue weighted by Crippen LogP contribution is -2.43. The molecule has 1 aliphatic heterocycles. The molecule has 1 saturated heterocycles. The number of likely N-dealkylation sites (N-methyl/N-ethyl adjacent to an activating group) is 1. The van der Waals surface area contributed by atoms with Crippen LogP contribution in [0.2, 0.25) is 0 Å². The van der Waals surface area contributed by atoms with Crippen molar-refractivity contribution in [1.82, 2.24) is 15.5 Å². The Morgan fingerprint density at radius 3 is 2.55 bits per heavy atom. The van der Waals surface area contributed by atoms with Crippen LogP contribution in [0.3, 0.4) is 0 Å². The highest BCUT2D eigenvalue weighted by molar-refractivity contribution is 14.0. The molecule has 1 rings (SSSR count). The lowest BCUT2D eigenvalue weighted by Gasteiger charge is -2.24. The molecular weight excluding hydrogens is 487 g/mol. The van der Waals surface area contributed by atoms with Gasteiger partial charge in [0.05, 0.1) is 0 Å². The van der Waals surface area contributed by atoms with Gasteiger partial charge in [-0.3, -0.25) is 4.99 Å². The van der Waals surface area contributed by atoms with Crippen LogP contribution in [0.5, 0.6) is 0 Å². The summed E-state index contributed by atoms with van der Waals surface area (Å²) >= 11 is 0. The Morgan fingerprint density at radius 2 is 1.93 bits per heavy atom. The van der Waals surface area contributed by atoms with Crippen molar-refractivity contribution in [3.63, 3.8) is 0 Å². The summed E-state index contributed by atoms with van der Waals surface area (Å²) in [4.78, 5) is 18.1. The molecule has 8 nitrogen and oxygen atoms in total. The van der Waals surface area contributed by atoms with Gasteiger partial charge in [-0.2, -0.15) is 0 Å². The lowest BCUT2D eigenvalue weighted by molar-refractivity contribution is 0.0205. The molecule has 0 unspecified atom stereocenters. The van der Waals surface area contributed by atoms with E-state index < -0.39 is 5.60 Å². The number of amides is 1. The van der Waals surface area contributed by atoms with E-state index in [1.807, 2.05) is 27.7 Å². The number of carbonyl (C=O) groups is 1. The van der Waals surface area contributed by atoms with Crippen molar-refractivity contribution in [2.75, 3.05) is 59.7 Å². The summed E-state index contributed by atoms with van der Waals surface area (Å²) in [5, 5.41) is 6.46. The van der Waals surface area contributed by atoms with Crippen LogP contribution in [0.1, 0.15) is 47.0 Å². The minimum atomic E-state index is -0.484. The van der Waals surface area contributed by atoms with E-state index in [-0.39, 0.29) is 30.1 Å². The maximum atomic E-state index is 12.0. The van der Waals surface area contributed by atoms with Gasteiger partial charge in [-0.05, 0) is 52.9 Å². The number of aliphatic imine (C=N–C) groups is 1. The number of guanidine groups is 1. The van der Waals surface area contributed by atoms with Crippen molar-refractivity contribution in [3.8, 4) is 0 Å². The molecule has 1 aliphatic rings. The Balaban J connectivity index is 0.00000784. The maximum absolute atomic E-state index is 12.0. The van der Waals surface area contributed by atoms with Crippen LogP contribution in [0.15, 0.2) is 4.99 Å². The lowest BCUT2D eigenvalue weighted by atomic mass is 10.0. The number of hydrogen-bond donors (Lipinski definition) is 2. The van der Waals surface area contributed by atoms with Crippen LogP contribution >= 0.6 is 24.0 Å². The number of ether oxygens (including phenoxy) is 3. The van der Waals surface area contributed by atoms with Gasteiger partial charge in [0.2, 0.25) is 0 Å². The first kappa shape index (κ1) is 28.2. The van der Waals surface area contributed by atoms with Crippen LogP contribution in [-0.2, 0) is 14.2 Å². The molecule has 2 N–H and O–H groups in total. The van der Waals surface area contributed by atoms with Gasteiger partial charge in [-0.15, -0.1) is 24.0 Å². The van der Waals surface area contributed by atoms with E-state index in [0.717, 1.165) is 58.2 Å². The maximum Gasteiger partial charge on any atom is 0.410 e. The second-order valence-electron chi connectivity index (χ2n) is 8.07. The summed E-state index contributed by atoms with van der Waals surface area (Å²) in [7, 11) is 1.73. The number of rotatable bonds is 10. The molecule has 1 fully saturated rings. The summed E-state index contributed by atoms with van der Waals surface area (Å²) in [5.41, 5.74) is -0.484. The Morgan fingerprint density at radius 1 is 1.24 bits per heavy atom. The second-order valence-corrected chi connectivity index (χ2v) is 8.07. The number of halogens is 1. The van der Waals surface area contributed by atoms with E-state index in [2.05, 4.69) is 15.6 Å². The Bertz CT molecular complexity index is 466. The molecule has 0 saturated carbocycles. The fraction of sp³-hybridized carbons (Fsp3) is 0.900. The molecule has 0 aromatic heterocycles.